The van der Waals surface area contributed by atoms with E-state index in [0.717, 1.165) is 18.2 Å². The Hall–Kier alpha value is -1.40. The molecule has 0 spiro atoms. The summed E-state index contributed by atoms with van der Waals surface area (Å²) in [5.74, 6) is -0.218. The van der Waals surface area contributed by atoms with Crippen LogP contribution in [0, 0.1) is 0 Å². The maximum absolute atomic E-state index is 12.3. The third-order valence-corrected chi connectivity index (χ3v) is 4.88. The van der Waals surface area contributed by atoms with E-state index in [0.29, 0.717) is 13.0 Å². The Bertz CT molecular complexity index is 571. The first-order valence-corrected chi connectivity index (χ1v) is 8.56. The van der Waals surface area contributed by atoms with Crippen molar-refractivity contribution in [2.75, 3.05) is 12.8 Å². The molecule has 1 aliphatic heterocycles. The number of carbonyl (C=O) groups is 1. The molecule has 1 aliphatic rings. The number of carbonyl (C=O) groups excluding carboxylic acids is 1. The molecule has 1 N–H and O–H groups in total. The summed E-state index contributed by atoms with van der Waals surface area (Å²) in [7, 11) is -3.32. The molecule has 1 heterocycles. The van der Waals surface area contributed by atoms with Crippen molar-refractivity contribution in [3.05, 3.63) is 35.9 Å². The van der Waals surface area contributed by atoms with Crippen molar-refractivity contribution in [1.29, 1.82) is 0 Å². The molecule has 1 saturated heterocycles. The van der Waals surface area contributed by atoms with E-state index in [1.165, 1.54) is 4.31 Å². The molecule has 1 aromatic rings. The van der Waals surface area contributed by atoms with Crippen molar-refractivity contribution >= 4 is 15.9 Å². The van der Waals surface area contributed by atoms with Crippen LogP contribution in [0.3, 0.4) is 0 Å². The predicted octanol–water partition coefficient (Wildman–Crippen LogP) is 1.29. The maximum atomic E-state index is 12.3. The van der Waals surface area contributed by atoms with Crippen LogP contribution in [0.1, 0.15) is 31.4 Å². The fourth-order valence-electron chi connectivity index (χ4n) is 2.53. The molecule has 0 radical (unpaired) electrons. The highest BCUT2D eigenvalue weighted by Gasteiger charge is 2.36. The SMILES string of the molecule is C[C@H](NC(=O)[C@H]1CCCN1S(C)(=O)=O)c1ccccc1. The van der Waals surface area contributed by atoms with E-state index in [2.05, 4.69) is 5.32 Å². The van der Waals surface area contributed by atoms with E-state index >= 15 is 0 Å². The summed E-state index contributed by atoms with van der Waals surface area (Å²) in [5.41, 5.74) is 1.00. The molecule has 0 bridgehead atoms. The second-order valence-corrected chi connectivity index (χ2v) is 7.11. The van der Waals surface area contributed by atoms with Gasteiger partial charge in [-0.2, -0.15) is 4.31 Å². The molecular formula is C14H20N2O3S. The second-order valence-electron chi connectivity index (χ2n) is 5.17. The molecule has 110 valence electrons. The van der Waals surface area contributed by atoms with Gasteiger partial charge in [0.1, 0.15) is 6.04 Å². The van der Waals surface area contributed by atoms with Crippen molar-refractivity contribution < 1.29 is 13.2 Å². The molecule has 0 aliphatic carbocycles. The van der Waals surface area contributed by atoms with E-state index < -0.39 is 16.1 Å². The topological polar surface area (TPSA) is 66.5 Å². The van der Waals surface area contributed by atoms with Crippen molar-refractivity contribution in [3.8, 4) is 0 Å². The largest absolute Gasteiger partial charge is 0.348 e. The van der Waals surface area contributed by atoms with Gasteiger partial charge in [0.25, 0.3) is 0 Å². The van der Waals surface area contributed by atoms with Crippen LogP contribution in [-0.4, -0.2) is 37.5 Å². The van der Waals surface area contributed by atoms with Gasteiger partial charge < -0.3 is 5.32 Å². The summed E-state index contributed by atoms with van der Waals surface area (Å²) < 4.78 is 24.6. The number of sulfonamides is 1. The van der Waals surface area contributed by atoms with Gasteiger partial charge in [-0.3, -0.25) is 4.79 Å². The third-order valence-electron chi connectivity index (χ3n) is 3.59. The Morgan fingerprint density at radius 2 is 2.00 bits per heavy atom. The summed E-state index contributed by atoms with van der Waals surface area (Å²) in [6.45, 7) is 2.32. The maximum Gasteiger partial charge on any atom is 0.238 e. The first-order chi connectivity index (χ1) is 9.39. The summed E-state index contributed by atoms with van der Waals surface area (Å²) in [6.07, 6.45) is 2.46. The molecule has 1 aromatic carbocycles. The molecule has 1 amide bonds. The zero-order valence-corrected chi connectivity index (χ0v) is 12.6. The Morgan fingerprint density at radius 1 is 1.35 bits per heavy atom. The van der Waals surface area contributed by atoms with Crippen molar-refractivity contribution in [3.63, 3.8) is 0 Å². The number of amides is 1. The lowest BCUT2D eigenvalue weighted by Crippen LogP contribution is -2.46. The first kappa shape index (κ1) is 15.0. The Kier molecular flexibility index (Phi) is 4.45. The predicted molar refractivity (Wildman–Crippen MR) is 77.6 cm³/mol. The average molecular weight is 296 g/mol. The molecule has 20 heavy (non-hydrogen) atoms. The van der Waals surface area contributed by atoms with Crippen molar-refractivity contribution in [2.45, 2.75) is 31.8 Å². The van der Waals surface area contributed by atoms with Gasteiger partial charge in [-0.05, 0) is 25.3 Å². The number of hydrogen-bond donors (Lipinski definition) is 1. The van der Waals surface area contributed by atoms with Crippen molar-refractivity contribution in [2.24, 2.45) is 0 Å². The van der Waals surface area contributed by atoms with Crippen LogP contribution in [0.5, 0.6) is 0 Å². The third kappa shape index (κ3) is 3.37. The zero-order chi connectivity index (χ0) is 14.8. The average Bonchev–Trinajstić information content (AvgIpc) is 2.89. The van der Waals surface area contributed by atoms with E-state index in [1.807, 2.05) is 37.3 Å². The standard InChI is InChI=1S/C14H20N2O3S/c1-11(12-7-4-3-5-8-12)15-14(17)13-9-6-10-16(13)20(2,18)19/h3-5,7-8,11,13H,6,9-10H2,1-2H3,(H,15,17)/t11-,13+/m0/s1. The van der Waals surface area contributed by atoms with E-state index in [-0.39, 0.29) is 11.9 Å². The van der Waals surface area contributed by atoms with Gasteiger partial charge in [0.05, 0.1) is 12.3 Å². The molecule has 6 heteroatoms. The molecular weight excluding hydrogens is 276 g/mol. The van der Waals surface area contributed by atoms with Gasteiger partial charge in [0.15, 0.2) is 0 Å². The van der Waals surface area contributed by atoms with Gasteiger partial charge in [-0.1, -0.05) is 30.3 Å². The highest BCUT2D eigenvalue weighted by molar-refractivity contribution is 7.88. The van der Waals surface area contributed by atoms with Crippen LogP contribution in [0.25, 0.3) is 0 Å². The first-order valence-electron chi connectivity index (χ1n) is 6.72. The highest BCUT2D eigenvalue weighted by Crippen LogP contribution is 2.21. The molecule has 2 rings (SSSR count). The molecule has 1 fully saturated rings. The van der Waals surface area contributed by atoms with Gasteiger partial charge >= 0.3 is 0 Å². The lowest BCUT2D eigenvalue weighted by Gasteiger charge is -2.23. The van der Waals surface area contributed by atoms with E-state index in [9.17, 15) is 13.2 Å². The van der Waals surface area contributed by atoms with Crippen LogP contribution in [0.4, 0.5) is 0 Å². The van der Waals surface area contributed by atoms with E-state index in [4.69, 9.17) is 0 Å². The van der Waals surface area contributed by atoms with E-state index in [1.54, 1.807) is 0 Å². The Morgan fingerprint density at radius 3 is 2.60 bits per heavy atom. The number of rotatable bonds is 4. The number of nitrogens with one attached hydrogen (secondary N) is 1. The quantitative estimate of drug-likeness (QED) is 0.910. The second kappa shape index (κ2) is 5.93. The minimum absolute atomic E-state index is 0.134. The van der Waals surface area contributed by atoms with Crippen molar-refractivity contribution in [1.82, 2.24) is 9.62 Å². The summed E-state index contributed by atoms with van der Waals surface area (Å²) in [4.78, 5) is 12.3. The van der Waals surface area contributed by atoms with Gasteiger partial charge in [0.2, 0.25) is 15.9 Å². The minimum atomic E-state index is -3.32. The smallest absolute Gasteiger partial charge is 0.238 e. The van der Waals surface area contributed by atoms with Crippen LogP contribution in [0.2, 0.25) is 0 Å². The highest BCUT2D eigenvalue weighted by atomic mass is 32.2. The molecule has 0 unspecified atom stereocenters. The molecule has 5 nitrogen and oxygen atoms in total. The lowest BCUT2D eigenvalue weighted by atomic mass is 10.1. The summed E-state index contributed by atoms with van der Waals surface area (Å²) in [5, 5.41) is 2.90. The molecule has 2 atom stereocenters. The van der Waals surface area contributed by atoms with Gasteiger partial charge in [0, 0.05) is 6.54 Å². The minimum Gasteiger partial charge on any atom is -0.348 e. The lowest BCUT2D eigenvalue weighted by molar-refractivity contribution is -0.124. The van der Waals surface area contributed by atoms with Crippen LogP contribution < -0.4 is 5.32 Å². The number of benzene rings is 1. The van der Waals surface area contributed by atoms with Gasteiger partial charge in [-0.25, -0.2) is 8.42 Å². The van der Waals surface area contributed by atoms with Crippen LogP contribution >= 0.6 is 0 Å². The Labute approximate surface area is 120 Å². The summed E-state index contributed by atoms with van der Waals surface area (Å²) in [6, 6.07) is 8.91. The Balaban J connectivity index is 2.05. The molecule has 0 aromatic heterocycles. The number of hydrogen-bond acceptors (Lipinski definition) is 3. The van der Waals surface area contributed by atoms with Gasteiger partial charge in [-0.15, -0.1) is 0 Å². The van der Waals surface area contributed by atoms with Crippen LogP contribution in [-0.2, 0) is 14.8 Å². The molecule has 0 saturated carbocycles. The normalized spacial score (nSPS) is 21.6. The number of nitrogens with zero attached hydrogens (tertiary/aromatic N) is 1. The monoisotopic (exact) mass is 296 g/mol. The zero-order valence-electron chi connectivity index (χ0n) is 11.7. The summed E-state index contributed by atoms with van der Waals surface area (Å²) >= 11 is 0. The van der Waals surface area contributed by atoms with Crippen LogP contribution in [0.15, 0.2) is 30.3 Å². The fraction of sp³-hybridized carbons (Fsp3) is 0.500. The fourth-order valence-corrected chi connectivity index (χ4v) is 3.66.